The van der Waals surface area contributed by atoms with E-state index >= 15 is 0 Å². The molecule has 2 atom stereocenters. The van der Waals surface area contributed by atoms with Gasteiger partial charge in [-0.25, -0.2) is 4.39 Å². The predicted molar refractivity (Wildman–Crippen MR) is 79.7 cm³/mol. The number of rotatable bonds is 3. The number of nitrogens with two attached hydrogens (primary N) is 1. The van der Waals surface area contributed by atoms with Crippen LogP contribution in [-0.2, 0) is 6.54 Å². The molecule has 0 spiro atoms. The number of hydrogen-bond acceptors (Lipinski definition) is 2. The van der Waals surface area contributed by atoms with E-state index < -0.39 is 29.9 Å². The summed E-state index contributed by atoms with van der Waals surface area (Å²) in [5.74, 6) is -3.04. The molecular weight excluding hydrogens is 324 g/mol. The van der Waals surface area contributed by atoms with E-state index in [1.807, 2.05) is 0 Å². The van der Waals surface area contributed by atoms with Crippen LogP contribution in [0.3, 0.4) is 0 Å². The van der Waals surface area contributed by atoms with Gasteiger partial charge in [-0.3, -0.25) is 4.79 Å². The van der Waals surface area contributed by atoms with Gasteiger partial charge in [-0.05, 0) is 41.0 Å². The summed E-state index contributed by atoms with van der Waals surface area (Å²) in [7, 11) is 0. The van der Waals surface area contributed by atoms with Gasteiger partial charge in [0.1, 0.15) is 5.82 Å². The van der Waals surface area contributed by atoms with Gasteiger partial charge in [0.25, 0.3) is 0 Å². The highest BCUT2D eigenvalue weighted by atomic mass is 19.4. The Labute approximate surface area is 135 Å². The third kappa shape index (κ3) is 2.99. The van der Waals surface area contributed by atoms with E-state index in [-0.39, 0.29) is 17.7 Å². The second kappa shape index (κ2) is 5.90. The molecule has 3 nitrogen and oxygen atoms in total. The van der Waals surface area contributed by atoms with Crippen LogP contribution in [0.15, 0.2) is 42.5 Å². The van der Waals surface area contributed by atoms with Crippen LogP contribution in [-0.4, -0.2) is 12.1 Å². The Kier molecular flexibility index (Phi) is 4.04. The molecule has 0 saturated heterocycles. The largest absolute Gasteiger partial charge is 0.397 e. The number of nitrogens with one attached hydrogen (secondary N) is 1. The van der Waals surface area contributed by atoms with Gasteiger partial charge in [0.2, 0.25) is 5.91 Å². The molecule has 0 aromatic heterocycles. The lowest BCUT2D eigenvalue weighted by molar-refractivity contribution is -0.157. The lowest BCUT2D eigenvalue weighted by atomic mass is 9.86. The fourth-order valence-electron chi connectivity index (χ4n) is 3.08. The highest BCUT2D eigenvalue weighted by molar-refractivity contribution is 5.93. The summed E-state index contributed by atoms with van der Waals surface area (Å²) < 4.78 is 54.0. The van der Waals surface area contributed by atoms with Crippen LogP contribution in [0.25, 0.3) is 0 Å². The van der Waals surface area contributed by atoms with Crippen LogP contribution in [0.5, 0.6) is 0 Å². The standard InChI is InChI=1S/C17H14F4N2O/c18-12-4-1-9(2-5-12)14(17(19,20)21)15-13-6-3-10(16(22)24)7-11(13)8-23-15/h1-7,14-15,23H,8H2,(H2,22,24)/t14-,15?/m1/s1. The lowest BCUT2D eigenvalue weighted by Crippen LogP contribution is -2.32. The first-order valence-electron chi connectivity index (χ1n) is 7.25. The van der Waals surface area contributed by atoms with E-state index in [1.54, 1.807) is 0 Å². The highest BCUT2D eigenvalue weighted by Gasteiger charge is 2.48. The van der Waals surface area contributed by atoms with Crippen LogP contribution in [0.1, 0.15) is 39.0 Å². The van der Waals surface area contributed by atoms with Crippen LogP contribution in [0.2, 0.25) is 0 Å². The molecule has 1 amide bonds. The summed E-state index contributed by atoms with van der Waals surface area (Å²) >= 11 is 0. The third-order valence-electron chi connectivity index (χ3n) is 4.19. The van der Waals surface area contributed by atoms with E-state index in [0.717, 1.165) is 24.3 Å². The summed E-state index contributed by atoms with van der Waals surface area (Å²) in [4.78, 5) is 11.2. The molecule has 0 aliphatic carbocycles. The monoisotopic (exact) mass is 338 g/mol. The second-order valence-electron chi connectivity index (χ2n) is 5.71. The average molecular weight is 338 g/mol. The van der Waals surface area contributed by atoms with E-state index in [2.05, 4.69) is 5.32 Å². The summed E-state index contributed by atoms with van der Waals surface area (Å²) in [5, 5.41) is 2.84. The average Bonchev–Trinajstić information content (AvgIpc) is 2.91. The third-order valence-corrected chi connectivity index (χ3v) is 4.19. The summed E-state index contributed by atoms with van der Waals surface area (Å²) in [6.45, 7) is 0.203. The molecule has 0 radical (unpaired) electrons. The zero-order valence-corrected chi connectivity index (χ0v) is 12.4. The van der Waals surface area contributed by atoms with Crippen molar-refractivity contribution in [3.05, 3.63) is 70.5 Å². The number of halogens is 4. The molecule has 1 heterocycles. The maximum absolute atomic E-state index is 13.7. The Morgan fingerprint density at radius 1 is 1.17 bits per heavy atom. The summed E-state index contributed by atoms with van der Waals surface area (Å²) in [6, 6.07) is 7.72. The number of carbonyl (C=O) groups excluding carboxylic acids is 1. The fourth-order valence-corrected chi connectivity index (χ4v) is 3.08. The van der Waals surface area contributed by atoms with E-state index in [0.29, 0.717) is 11.1 Å². The van der Waals surface area contributed by atoms with Crippen LogP contribution in [0.4, 0.5) is 17.6 Å². The number of fused-ring (bicyclic) bond motifs is 1. The summed E-state index contributed by atoms with van der Waals surface area (Å²) in [6.07, 6.45) is -4.51. The fraction of sp³-hybridized carbons (Fsp3) is 0.235. The van der Waals surface area contributed by atoms with Crippen LogP contribution >= 0.6 is 0 Å². The molecule has 24 heavy (non-hydrogen) atoms. The Morgan fingerprint density at radius 3 is 2.42 bits per heavy atom. The number of alkyl halides is 3. The van der Waals surface area contributed by atoms with Crippen molar-refractivity contribution >= 4 is 5.91 Å². The molecule has 2 aromatic rings. The van der Waals surface area contributed by atoms with Gasteiger partial charge in [-0.1, -0.05) is 18.2 Å². The molecule has 2 aromatic carbocycles. The zero-order valence-electron chi connectivity index (χ0n) is 12.4. The molecular formula is C17H14F4N2O. The molecule has 7 heteroatoms. The summed E-state index contributed by atoms with van der Waals surface area (Å²) in [5.41, 5.74) is 6.50. The SMILES string of the molecule is NC(=O)c1ccc2c(c1)CNC2[C@@H](c1ccc(F)cc1)C(F)(F)F. The van der Waals surface area contributed by atoms with Gasteiger partial charge in [-0.15, -0.1) is 0 Å². The topological polar surface area (TPSA) is 55.1 Å². The molecule has 1 unspecified atom stereocenters. The number of carbonyl (C=O) groups is 1. The number of hydrogen-bond donors (Lipinski definition) is 2. The maximum atomic E-state index is 13.7. The number of benzene rings is 2. The molecule has 0 bridgehead atoms. The van der Waals surface area contributed by atoms with Gasteiger partial charge < -0.3 is 11.1 Å². The minimum Gasteiger partial charge on any atom is -0.366 e. The van der Waals surface area contributed by atoms with Gasteiger partial charge in [-0.2, -0.15) is 13.2 Å². The molecule has 0 fully saturated rings. The second-order valence-corrected chi connectivity index (χ2v) is 5.71. The van der Waals surface area contributed by atoms with Crippen molar-refractivity contribution in [3.8, 4) is 0 Å². The molecule has 1 aliphatic rings. The minimum absolute atomic E-state index is 0.0202. The molecule has 3 rings (SSSR count). The Hall–Kier alpha value is -2.41. The van der Waals surface area contributed by atoms with E-state index in [4.69, 9.17) is 5.73 Å². The molecule has 1 aliphatic heterocycles. The Morgan fingerprint density at radius 2 is 1.83 bits per heavy atom. The van der Waals surface area contributed by atoms with E-state index in [1.165, 1.54) is 18.2 Å². The lowest BCUT2D eigenvalue weighted by Gasteiger charge is -2.27. The van der Waals surface area contributed by atoms with Crippen molar-refractivity contribution in [1.82, 2.24) is 5.32 Å². The van der Waals surface area contributed by atoms with Crippen molar-refractivity contribution in [2.45, 2.75) is 24.7 Å². The van der Waals surface area contributed by atoms with Crippen molar-refractivity contribution in [1.29, 1.82) is 0 Å². The first kappa shape index (κ1) is 16.4. The maximum Gasteiger partial charge on any atom is 0.397 e. The van der Waals surface area contributed by atoms with Gasteiger partial charge in [0.05, 0.1) is 5.92 Å². The molecule has 126 valence electrons. The van der Waals surface area contributed by atoms with Crippen LogP contribution < -0.4 is 11.1 Å². The van der Waals surface area contributed by atoms with Gasteiger partial charge >= 0.3 is 6.18 Å². The smallest absolute Gasteiger partial charge is 0.366 e. The first-order chi connectivity index (χ1) is 11.3. The van der Waals surface area contributed by atoms with Crippen molar-refractivity contribution < 1.29 is 22.4 Å². The van der Waals surface area contributed by atoms with Crippen molar-refractivity contribution in [2.75, 3.05) is 0 Å². The number of primary amides is 1. The molecule has 3 N–H and O–H groups in total. The minimum atomic E-state index is -4.51. The Balaban J connectivity index is 2.03. The normalized spacial score (nSPS) is 18.2. The predicted octanol–water partition coefficient (Wildman–Crippen LogP) is 3.42. The van der Waals surface area contributed by atoms with Crippen molar-refractivity contribution in [3.63, 3.8) is 0 Å². The molecule has 0 saturated carbocycles. The quantitative estimate of drug-likeness (QED) is 0.843. The van der Waals surface area contributed by atoms with Crippen LogP contribution in [0, 0.1) is 5.82 Å². The van der Waals surface area contributed by atoms with E-state index in [9.17, 15) is 22.4 Å². The van der Waals surface area contributed by atoms with Gasteiger partial charge in [0.15, 0.2) is 0 Å². The van der Waals surface area contributed by atoms with Crippen molar-refractivity contribution in [2.24, 2.45) is 5.73 Å². The highest BCUT2D eigenvalue weighted by Crippen LogP contribution is 2.46. The number of amides is 1. The Bertz CT molecular complexity index is 771. The van der Waals surface area contributed by atoms with Gasteiger partial charge in [0, 0.05) is 18.2 Å². The zero-order chi connectivity index (χ0) is 17.5. The first-order valence-corrected chi connectivity index (χ1v) is 7.25.